The summed E-state index contributed by atoms with van der Waals surface area (Å²) in [5.74, 6) is 0. The minimum atomic E-state index is 0.809. The molecule has 0 spiro atoms. The average Bonchev–Trinajstić information content (AvgIpc) is 2.54. The molecule has 0 N–H and O–H groups in total. The lowest BCUT2D eigenvalue weighted by molar-refractivity contribution is 0.431. The van der Waals surface area contributed by atoms with Crippen molar-refractivity contribution in [2.24, 2.45) is 10.1 Å². The lowest BCUT2D eigenvalue weighted by Crippen LogP contribution is -2.39. The normalized spacial score (nSPS) is 17.3. The highest BCUT2D eigenvalue weighted by molar-refractivity contribution is 5.81. The van der Waals surface area contributed by atoms with Crippen molar-refractivity contribution in [1.29, 1.82) is 0 Å². The first kappa shape index (κ1) is 8.23. The molecule has 0 aromatic heterocycles. The monoisotopic (exact) mass is 198 g/mol. The van der Waals surface area contributed by atoms with E-state index in [0.29, 0.717) is 0 Å². The number of allylic oxidation sites excluding steroid dienone is 1. The van der Waals surface area contributed by atoms with Crippen molar-refractivity contribution >= 4 is 23.9 Å². The first-order chi connectivity index (χ1) is 7.45. The lowest BCUT2D eigenvalue weighted by atomic mass is 10.2. The number of rotatable bonds is 0. The van der Waals surface area contributed by atoms with Crippen LogP contribution in [-0.4, -0.2) is 24.2 Å². The van der Waals surface area contributed by atoms with Gasteiger partial charge in [0.15, 0.2) is 0 Å². The molecular weight excluding hydrogens is 188 g/mol. The van der Waals surface area contributed by atoms with Gasteiger partial charge >= 0.3 is 0 Å². The zero-order valence-electron chi connectivity index (χ0n) is 8.11. The van der Waals surface area contributed by atoms with Gasteiger partial charge in [0.05, 0.1) is 17.9 Å². The molecule has 0 fully saturated rings. The van der Waals surface area contributed by atoms with Crippen LogP contribution in [0.25, 0.3) is 0 Å². The molecule has 1 aromatic carbocycles. The maximum absolute atomic E-state index is 4.34. The Labute approximate surface area is 87.8 Å². The minimum Gasteiger partial charge on any atom is -0.258 e. The summed E-state index contributed by atoms with van der Waals surface area (Å²) < 4.78 is 0. The molecule has 0 atom stereocenters. The highest BCUT2D eigenvalue weighted by Crippen LogP contribution is 2.32. The topological polar surface area (TPSA) is 31.2 Å². The number of benzene rings is 1. The summed E-state index contributed by atoms with van der Waals surface area (Å²) >= 11 is 0. The number of hydrazone groups is 1. The van der Waals surface area contributed by atoms with E-state index in [1.807, 2.05) is 30.3 Å². The Morgan fingerprint density at radius 2 is 2.13 bits per heavy atom. The third kappa shape index (κ3) is 1.30. The molecule has 2 heterocycles. The molecule has 0 saturated heterocycles. The number of hydrogen-bond donors (Lipinski definition) is 0. The zero-order valence-corrected chi connectivity index (χ0v) is 8.11. The van der Waals surface area contributed by atoms with E-state index in [4.69, 9.17) is 0 Å². The summed E-state index contributed by atoms with van der Waals surface area (Å²) in [6.07, 6.45) is 7.50. The van der Waals surface area contributed by atoms with Crippen molar-refractivity contribution in [1.82, 2.24) is 5.12 Å². The Balaban J connectivity index is 2.10. The van der Waals surface area contributed by atoms with Crippen LogP contribution in [0.2, 0.25) is 0 Å². The molecule has 0 bridgehead atoms. The van der Waals surface area contributed by atoms with Crippen LogP contribution in [0.5, 0.6) is 0 Å². The molecule has 4 nitrogen and oxygen atoms in total. The fourth-order valence-corrected chi connectivity index (χ4v) is 1.68. The van der Waals surface area contributed by atoms with Crippen molar-refractivity contribution in [2.75, 3.05) is 11.6 Å². The molecule has 74 valence electrons. The van der Waals surface area contributed by atoms with E-state index >= 15 is 0 Å². The summed E-state index contributed by atoms with van der Waals surface area (Å²) in [6.45, 7) is 0.809. The Kier molecular flexibility index (Phi) is 1.78. The molecule has 2 aliphatic heterocycles. The molecule has 0 saturated carbocycles. The maximum atomic E-state index is 4.34. The molecule has 0 radical (unpaired) electrons. The molecule has 4 heteroatoms. The van der Waals surface area contributed by atoms with E-state index < -0.39 is 0 Å². The Morgan fingerprint density at radius 3 is 3.13 bits per heavy atom. The van der Waals surface area contributed by atoms with Crippen LogP contribution < -0.4 is 5.01 Å². The Hall–Kier alpha value is -2.10. The summed E-state index contributed by atoms with van der Waals surface area (Å²) in [5, 5.41) is 8.07. The van der Waals surface area contributed by atoms with Crippen LogP contribution in [0.4, 0.5) is 11.4 Å². The Bertz CT molecular complexity index is 461. The SMILES string of the molecule is C1=CCN2c3ccccc3N=CN2N=C1. The number of para-hydroxylation sites is 2. The Morgan fingerprint density at radius 1 is 1.20 bits per heavy atom. The second-order valence-corrected chi connectivity index (χ2v) is 3.33. The molecule has 1 aromatic rings. The van der Waals surface area contributed by atoms with Crippen LogP contribution in [0, 0.1) is 0 Å². The second-order valence-electron chi connectivity index (χ2n) is 3.33. The quantitative estimate of drug-likeness (QED) is 0.638. The van der Waals surface area contributed by atoms with Gasteiger partial charge in [0.2, 0.25) is 0 Å². The highest BCUT2D eigenvalue weighted by atomic mass is 15.8. The summed E-state index contributed by atoms with van der Waals surface area (Å²) in [5.41, 5.74) is 2.07. The minimum absolute atomic E-state index is 0.809. The van der Waals surface area contributed by atoms with Gasteiger partial charge < -0.3 is 0 Å². The number of fused-ring (bicyclic) bond motifs is 3. The predicted molar refractivity (Wildman–Crippen MR) is 61.4 cm³/mol. The van der Waals surface area contributed by atoms with Crippen LogP contribution in [0.15, 0.2) is 46.5 Å². The van der Waals surface area contributed by atoms with Crippen LogP contribution in [0.1, 0.15) is 0 Å². The van der Waals surface area contributed by atoms with Gasteiger partial charge in [-0.1, -0.05) is 18.2 Å². The van der Waals surface area contributed by atoms with E-state index in [-0.39, 0.29) is 0 Å². The van der Waals surface area contributed by atoms with Crippen molar-refractivity contribution in [2.45, 2.75) is 0 Å². The third-order valence-corrected chi connectivity index (χ3v) is 2.39. The van der Waals surface area contributed by atoms with Crippen molar-refractivity contribution in [3.8, 4) is 0 Å². The molecule has 0 aliphatic carbocycles. The van der Waals surface area contributed by atoms with E-state index in [1.165, 1.54) is 0 Å². The number of anilines is 1. The van der Waals surface area contributed by atoms with Crippen molar-refractivity contribution < 1.29 is 0 Å². The first-order valence-electron chi connectivity index (χ1n) is 4.84. The first-order valence-corrected chi connectivity index (χ1v) is 4.84. The summed E-state index contributed by atoms with van der Waals surface area (Å²) in [7, 11) is 0. The largest absolute Gasteiger partial charge is 0.258 e. The molecule has 0 unspecified atom stereocenters. The lowest BCUT2D eigenvalue weighted by Gasteiger charge is -2.32. The van der Waals surface area contributed by atoms with Gasteiger partial charge in [-0.15, -0.1) is 0 Å². The molecule has 3 rings (SSSR count). The van der Waals surface area contributed by atoms with Gasteiger partial charge in [0, 0.05) is 6.21 Å². The number of hydrogen-bond acceptors (Lipinski definition) is 4. The number of aliphatic imine (C=N–C) groups is 1. The van der Waals surface area contributed by atoms with Gasteiger partial charge in [0.25, 0.3) is 0 Å². The van der Waals surface area contributed by atoms with Crippen molar-refractivity contribution in [3.05, 3.63) is 36.4 Å². The van der Waals surface area contributed by atoms with Gasteiger partial charge in [-0.05, 0) is 18.2 Å². The van der Waals surface area contributed by atoms with Gasteiger partial charge in [-0.3, -0.25) is 5.01 Å². The molecular formula is C11H10N4. The standard InChI is InChI=1S/C11H10N4/c1-2-6-11-10(5-1)12-9-15-13-7-3-4-8-14(11)15/h1-7,9H,8H2. The van der Waals surface area contributed by atoms with Crippen LogP contribution in [-0.2, 0) is 0 Å². The number of hydrazine groups is 1. The second kappa shape index (κ2) is 3.24. The zero-order chi connectivity index (χ0) is 10.1. The highest BCUT2D eigenvalue weighted by Gasteiger charge is 2.19. The molecule has 0 amide bonds. The molecule has 15 heavy (non-hydrogen) atoms. The van der Waals surface area contributed by atoms with E-state index in [9.17, 15) is 0 Å². The van der Waals surface area contributed by atoms with E-state index in [0.717, 1.165) is 17.9 Å². The van der Waals surface area contributed by atoms with E-state index in [1.54, 1.807) is 17.7 Å². The van der Waals surface area contributed by atoms with Crippen LogP contribution >= 0.6 is 0 Å². The van der Waals surface area contributed by atoms with E-state index in [2.05, 4.69) is 21.2 Å². The fraction of sp³-hybridized carbons (Fsp3) is 0.0909. The third-order valence-electron chi connectivity index (χ3n) is 2.39. The predicted octanol–water partition coefficient (Wildman–Crippen LogP) is 1.94. The molecule has 2 aliphatic rings. The number of nitrogens with zero attached hydrogens (tertiary/aromatic N) is 4. The fourth-order valence-electron chi connectivity index (χ4n) is 1.68. The maximum Gasteiger partial charge on any atom is 0.136 e. The summed E-state index contributed by atoms with van der Waals surface area (Å²) in [4.78, 5) is 4.34. The summed E-state index contributed by atoms with van der Waals surface area (Å²) in [6, 6.07) is 8.05. The average molecular weight is 198 g/mol. The van der Waals surface area contributed by atoms with Crippen LogP contribution in [0.3, 0.4) is 0 Å². The smallest absolute Gasteiger partial charge is 0.136 e. The van der Waals surface area contributed by atoms with Gasteiger partial charge in [0.1, 0.15) is 6.34 Å². The van der Waals surface area contributed by atoms with Gasteiger partial charge in [-0.25, -0.2) is 4.99 Å². The van der Waals surface area contributed by atoms with Gasteiger partial charge in [-0.2, -0.15) is 10.2 Å². The van der Waals surface area contributed by atoms with Crippen molar-refractivity contribution in [3.63, 3.8) is 0 Å².